The van der Waals surface area contributed by atoms with Crippen LogP contribution in [-0.2, 0) is 10.0 Å². The number of carboxylic acids is 1. The van der Waals surface area contributed by atoms with Crippen molar-refractivity contribution in [2.75, 3.05) is 6.54 Å². The van der Waals surface area contributed by atoms with E-state index in [2.05, 4.69) is 6.58 Å². The van der Waals surface area contributed by atoms with Gasteiger partial charge in [0.2, 0.25) is 10.0 Å². The average Bonchev–Trinajstić information content (AvgIpc) is 2.32. The molecular weight excluding hydrogens is 280 g/mol. The van der Waals surface area contributed by atoms with E-state index in [-0.39, 0.29) is 6.54 Å². The molecule has 104 valence electrons. The Morgan fingerprint density at radius 2 is 2.05 bits per heavy atom. The summed E-state index contributed by atoms with van der Waals surface area (Å²) in [6.07, 6.45) is 1.73. The van der Waals surface area contributed by atoms with Crippen molar-refractivity contribution in [2.45, 2.75) is 11.3 Å². The van der Waals surface area contributed by atoms with Gasteiger partial charge in [-0.1, -0.05) is 6.08 Å². The molecule has 0 bridgehead atoms. The number of hydrogen-bond acceptors (Lipinski definition) is 3. The van der Waals surface area contributed by atoms with Gasteiger partial charge in [-0.25, -0.2) is 26.7 Å². The standard InChI is InChI=1S/C11H11F2NO4S/c1-2-3-4-14-19(17,18)9-6-7(11(15)16)5-8(12)10(9)13/h2,5-6,14H,1,3-4H2,(H,15,16). The third kappa shape index (κ3) is 3.58. The first-order chi connectivity index (χ1) is 8.79. The van der Waals surface area contributed by atoms with Crippen LogP contribution in [0.25, 0.3) is 0 Å². The molecule has 0 heterocycles. The van der Waals surface area contributed by atoms with E-state index in [1.54, 1.807) is 0 Å². The van der Waals surface area contributed by atoms with E-state index >= 15 is 0 Å². The highest BCUT2D eigenvalue weighted by Crippen LogP contribution is 2.19. The summed E-state index contributed by atoms with van der Waals surface area (Å²) in [5, 5.41) is 8.69. The van der Waals surface area contributed by atoms with Gasteiger partial charge in [-0.05, 0) is 18.6 Å². The molecule has 1 rings (SSSR count). The van der Waals surface area contributed by atoms with Gasteiger partial charge < -0.3 is 5.11 Å². The summed E-state index contributed by atoms with van der Waals surface area (Å²) in [6.45, 7) is 3.32. The van der Waals surface area contributed by atoms with Crippen LogP contribution in [0.1, 0.15) is 16.8 Å². The number of nitrogens with one attached hydrogen (secondary N) is 1. The molecule has 0 atom stereocenters. The molecule has 0 radical (unpaired) electrons. The highest BCUT2D eigenvalue weighted by Gasteiger charge is 2.24. The van der Waals surface area contributed by atoms with Gasteiger partial charge >= 0.3 is 5.97 Å². The highest BCUT2D eigenvalue weighted by molar-refractivity contribution is 7.89. The van der Waals surface area contributed by atoms with Crippen LogP contribution in [0.4, 0.5) is 8.78 Å². The van der Waals surface area contributed by atoms with Gasteiger partial charge in [0, 0.05) is 6.54 Å². The molecule has 0 aliphatic heterocycles. The Morgan fingerprint density at radius 1 is 1.42 bits per heavy atom. The number of carboxylic acid groups (broad SMARTS) is 1. The first-order valence-corrected chi connectivity index (χ1v) is 6.61. The molecule has 1 aromatic carbocycles. The molecule has 19 heavy (non-hydrogen) atoms. The highest BCUT2D eigenvalue weighted by atomic mass is 32.2. The fraction of sp³-hybridized carbons (Fsp3) is 0.182. The van der Waals surface area contributed by atoms with Crippen molar-refractivity contribution in [3.63, 3.8) is 0 Å². The molecule has 8 heteroatoms. The zero-order chi connectivity index (χ0) is 14.6. The topological polar surface area (TPSA) is 83.5 Å². The van der Waals surface area contributed by atoms with Gasteiger partial charge in [0.1, 0.15) is 4.90 Å². The molecule has 0 spiro atoms. The number of hydrogen-bond donors (Lipinski definition) is 2. The van der Waals surface area contributed by atoms with E-state index in [0.29, 0.717) is 18.6 Å². The predicted octanol–water partition coefficient (Wildman–Crippen LogP) is 1.52. The molecule has 0 aliphatic carbocycles. The Balaban J connectivity index is 3.25. The molecule has 5 nitrogen and oxygen atoms in total. The molecule has 0 aliphatic rings. The first-order valence-electron chi connectivity index (χ1n) is 5.12. The van der Waals surface area contributed by atoms with Crippen molar-refractivity contribution in [1.82, 2.24) is 4.72 Å². The maximum atomic E-state index is 13.4. The average molecular weight is 291 g/mol. The molecule has 0 unspecified atom stereocenters. The van der Waals surface area contributed by atoms with Gasteiger partial charge in [-0.3, -0.25) is 0 Å². The van der Waals surface area contributed by atoms with Crippen molar-refractivity contribution >= 4 is 16.0 Å². The SMILES string of the molecule is C=CCCNS(=O)(=O)c1cc(C(=O)O)cc(F)c1F. The van der Waals surface area contributed by atoms with E-state index in [1.807, 2.05) is 4.72 Å². The third-order valence-corrected chi connectivity index (χ3v) is 3.63. The Hall–Kier alpha value is -1.80. The fourth-order valence-corrected chi connectivity index (χ4v) is 2.41. The normalized spacial score (nSPS) is 11.3. The molecule has 1 aromatic rings. The van der Waals surface area contributed by atoms with Crippen LogP contribution in [0.2, 0.25) is 0 Å². The molecule has 0 saturated heterocycles. The van der Waals surface area contributed by atoms with E-state index in [4.69, 9.17) is 5.11 Å². The van der Waals surface area contributed by atoms with Crippen LogP contribution in [0.15, 0.2) is 29.7 Å². The quantitative estimate of drug-likeness (QED) is 0.615. The zero-order valence-corrected chi connectivity index (χ0v) is 10.5. The number of aromatic carboxylic acids is 1. The van der Waals surface area contributed by atoms with Crippen molar-refractivity contribution in [3.05, 3.63) is 42.0 Å². The molecule has 2 N–H and O–H groups in total. The summed E-state index contributed by atoms with van der Waals surface area (Å²) < 4.78 is 52.0. The van der Waals surface area contributed by atoms with Gasteiger partial charge in [0.25, 0.3) is 0 Å². The van der Waals surface area contributed by atoms with E-state index < -0.39 is 38.1 Å². The van der Waals surface area contributed by atoms with Crippen LogP contribution < -0.4 is 4.72 Å². The summed E-state index contributed by atoms with van der Waals surface area (Å²) in [6, 6.07) is 0.984. The lowest BCUT2D eigenvalue weighted by atomic mass is 10.2. The first kappa shape index (κ1) is 15.3. The number of rotatable bonds is 6. The number of halogens is 2. The number of sulfonamides is 1. The monoisotopic (exact) mass is 291 g/mol. The van der Waals surface area contributed by atoms with Gasteiger partial charge in [-0.2, -0.15) is 0 Å². The van der Waals surface area contributed by atoms with Crippen molar-refractivity contribution in [1.29, 1.82) is 0 Å². The largest absolute Gasteiger partial charge is 0.478 e. The minimum Gasteiger partial charge on any atom is -0.478 e. The lowest BCUT2D eigenvalue weighted by molar-refractivity contribution is 0.0696. The van der Waals surface area contributed by atoms with E-state index in [0.717, 1.165) is 0 Å². The van der Waals surface area contributed by atoms with Crippen LogP contribution in [0.5, 0.6) is 0 Å². The third-order valence-electron chi connectivity index (χ3n) is 2.17. The summed E-state index contributed by atoms with van der Waals surface area (Å²) in [5.74, 6) is -4.71. The Kier molecular flexibility index (Phi) is 4.73. The summed E-state index contributed by atoms with van der Waals surface area (Å²) in [4.78, 5) is 9.65. The van der Waals surface area contributed by atoms with Crippen LogP contribution in [-0.4, -0.2) is 26.0 Å². The molecule has 0 amide bonds. The van der Waals surface area contributed by atoms with E-state index in [9.17, 15) is 22.0 Å². The van der Waals surface area contributed by atoms with Crippen molar-refractivity contribution in [2.24, 2.45) is 0 Å². The summed E-state index contributed by atoms with van der Waals surface area (Å²) in [5.41, 5.74) is -0.650. The Labute approximate surface area is 108 Å². The smallest absolute Gasteiger partial charge is 0.335 e. The predicted molar refractivity (Wildman–Crippen MR) is 63.3 cm³/mol. The lowest BCUT2D eigenvalue weighted by Gasteiger charge is -2.08. The molecule has 0 fully saturated rings. The van der Waals surface area contributed by atoms with Gasteiger partial charge in [0.15, 0.2) is 11.6 Å². The van der Waals surface area contributed by atoms with Gasteiger partial charge in [-0.15, -0.1) is 6.58 Å². The van der Waals surface area contributed by atoms with Crippen molar-refractivity contribution < 1.29 is 27.1 Å². The second-order valence-corrected chi connectivity index (χ2v) is 5.29. The lowest BCUT2D eigenvalue weighted by Crippen LogP contribution is -2.26. The summed E-state index contributed by atoms with van der Waals surface area (Å²) in [7, 11) is -4.32. The van der Waals surface area contributed by atoms with Crippen LogP contribution in [0.3, 0.4) is 0 Å². The Morgan fingerprint density at radius 3 is 2.58 bits per heavy atom. The minimum absolute atomic E-state index is 0.0514. The van der Waals surface area contributed by atoms with Crippen LogP contribution >= 0.6 is 0 Å². The second-order valence-electron chi connectivity index (χ2n) is 3.55. The van der Waals surface area contributed by atoms with Gasteiger partial charge in [0.05, 0.1) is 5.56 Å². The maximum Gasteiger partial charge on any atom is 0.335 e. The maximum absolute atomic E-state index is 13.4. The fourth-order valence-electron chi connectivity index (χ4n) is 1.26. The molecular formula is C11H11F2NO4S. The summed E-state index contributed by atoms with van der Waals surface area (Å²) >= 11 is 0. The second kappa shape index (κ2) is 5.89. The minimum atomic E-state index is -4.32. The van der Waals surface area contributed by atoms with Crippen molar-refractivity contribution in [3.8, 4) is 0 Å². The van der Waals surface area contributed by atoms with E-state index in [1.165, 1.54) is 6.08 Å². The molecule has 0 saturated carbocycles. The number of carbonyl (C=O) groups is 1. The number of benzene rings is 1. The van der Waals surface area contributed by atoms with Crippen LogP contribution in [0, 0.1) is 11.6 Å². The molecule has 0 aromatic heterocycles. The Bertz CT molecular complexity index is 613. The zero-order valence-electron chi connectivity index (χ0n) is 9.69.